The van der Waals surface area contributed by atoms with E-state index in [0.29, 0.717) is 5.82 Å². The van der Waals surface area contributed by atoms with E-state index in [-0.39, 0.29) is 5.78 Å². The fourth-order valence-corrected chi connectivity index (χ4v) is 5.35. The zero-order valence-corrected chi connectivity index (χ0v) is 14.9. The summed E-state index contributed by atoms with van der Waals surface area (Å²) in [6.07, 6.45) is 14.5. The van der Waals surface area contributed by atoms with Crippen LogP contribution in [-0.2, 0) is 0 Å². The largest absolute Gasteiger partial charge is 0.297 e. The van der Waals surface area contributed by atoms with Gasteiger partial charge in [0.1, 0.15) is 0 Å². The summed E-state index contributed by atoms with van der Waals surface area (Å²) in [5.41, 5.74) is 1.82. The van der Waals surface area contributed by atoms with Crippen molar-refractivity contribution < 1.29 is 4.79 Å². The van der Waals surface area contributed by atoms with Crippen LogP contribution < -0.4 is 0 Å². The van der Waals surface area contributed by atoms with E-state index in [2.05, 4.69) is 11.9 Å². The quantitative estimate of drug-likeness (QED) is 0.716. The second kappa shape index (κ2) is 6.02. The van der Waals surface area contributed by atoms with Gasteiger partial charge in [0.15, 0.2) is 11.6 Å². The number of aromatic nitrogens is 2. The maximum Gasteiger partial charge on any atom is 0.195 e. The Morgan fingerprint density at radius 3 is 2.88 bits per heavy atom. The fraction of sp³-hybridized carbons (Fsp3) is 0.619. The lowest BCUT2D eigenvalue weighted by molar-refractivity contribution is 0.100. The molecule has 3 nitrogen and oxygen atoms in total. The number of Topliss-reactive ketones (excluding diaryl/α,β-unsaturated/α-hetero) is 1. The summed E-state index contributed by atoms with van der Waals surface area (Å²) in [7, 11) is 0. The predicted molar refractivity (Wildman–Crippen MR) is 96.1 cm³/mol. The summed E-state index contributed by atoms with van der Waals surface area (Å²) in [5, 5.41) is 0. The first-order valence-corrected chi connectivity index (χ1v) is 9.54. The molecule has 5 rings (SSSR count). The third kappa shape index (κ3) is 2.78. The van der Waals surface area contributed by atoms with Gasteiger partial charge < -0.3 is 0 Å². The lowest BCUT2D eigenvalue weighted by Gasteiger charge is -2.18. The molecular weight excluding hydrogens is 296 g/mol. The predicted octanol–water partition coefficient (Wildman–Crippen LogP) is 5.15. The van der Waals surface area contributed by atoms with Gasteiger partial charge in [-0.3, -0.25) is 9.20 Å². The van der Waals surface area contributed by atoms with Crippen molar-refractivity contribution in [2.45, 2.75) is 58.8 Å². The maximum atomic E-state index is 11.0. The molecule has 0 saturated heterocycles. The molecule has 128 valence electrons. The van der Waals surface area contributed by atoms with E-state index < -0.39 is 0 Å². The summed E-state index contributed by atoms with van der Waals surface area (Å²) in [6, 6.07) is 5.71. The van der Waals surface area contributed by atoms with Crippen LogP contribution in [0.15, 0.2) is 30.6 Å². The molecule has 4 atom stereocenters. The zero-order valence-electron chi connectivity index (χ0n) is 14.9. The molecule has 0 radical (unpaired) electrons. The minimum atomic E-state index is -0.0128. The van der Waals surface area contributed by atoms with Crippen molar-refractivity contribution in [2.75, 3.05) is 0 Å². The van der Waals surface area contributed by atoms with E-state index in [1.54, 1.807) is 49.1 Å². The molecular formula is C21H28N2O. The van der Waals surface area contributed by atoms with E-state index >= 15 is 0 Å². The first-order chi connectivity index (χ1) is 11.6. The maximum absolute atomic E-state index is 11.0. The molecule has 0 amide bonds. The van der Waals surface area contributed by atoms with Gasteiger partial charge >= 0.3 is 0 Å². The van der Waals surface area contributed by atoms with Crippen LogP contribution in [0.5, 0.6) is 0 Å². The molecule has 3 heteroatoms. The number of ketones is 1. The molecule has 3 saturated carbocycles. The molecule has 2 heterocycles. The van der Waals surface area contributed by atoms with Gasteiger partial charge in [-0.1, -0.05) is 32.3 Å². The SMILES string of the molecule is CC(=O)c1ncc2ccccn12.CCC12CC3CCC(C3)CC1C2. The monoisotopic (exact) mass is 324 g/mol. The molecule has 24 heavy (non-hydrogen) atoms. The molecule has 0 aliphatic heterocycles. The second-order valence-electron chi connectivity index (χ2n) is 8.24. The summed E-state index contributed by atoms with van der Waals surface area (Å²) >= 11 is 0. The minimum absolute atomic E-state index is 0.0128. The Balaban J connectivity index is 0.000000121. The Hall–Kier alpha value is -1.64. The summed E-state index contributed by atoms with van der Waals surface area (Å²) in [4.78, 5) is 15.0. The van der Waals surface area contributed by atoms with Gasteiger partial charge in [0.2, 0.25) is 0 Å². The normalized spacial score (nSPS) is 33.3. The van der Waals surface area contributed by atoms with Gasteiger partial charge in [0.25, 0.3) is 0 Å². The molecule has 0 N–H and O–H groups in total. The number of hydrogen-bond donors (Lipinski definition) is 0. The number of imidazole rings is 1. The lowest BCUT2D eigenvalue weighted by atomic mass is 9.87. The fourth-order valence-electron chi connectivity index (χ4n) is 5.35. The third-order valence-corrected chi connectivity index (χ3v) is 6.78. The first kappa shape index (κ1) is 15.9. The molecule has 2 aromatic rings. The second-order valence-corrected chi connectivity index (χ2v) is 8.24. The molecule has 3 aliphatic rings. The molecule has 0 aromatic carbocycles. The van der Waals surface area contributed by atoms with Crippen LogP contribution in [-0.4, -0.2) is 15.2 Å². The Labute approximate surface area is 144 Å². The van der Waals surface area contributed by atoms with Gasteiger partial charge in [0.05, 0.1) is 11.7 Å². The molecule has 3 fully saturated rings. The lowest BCUT2D eigenvalue weighted by Crippen LogP contribution is -2.07. The Morgan fingerprint density at radius 2 is 2.08 bits per heavy atom. The summed E-state index contributed by atoms with van der Waals surface area (Å²) in [6.45, 7) is 3.93. The minimum Gasteiger partial charge on any atom is -0.297 e. The smallest absolute Gasteiger partial charge is 0.195 e. The zero-order chi connectivity index (χ0) is 16.7. The number of carbonyl (C=O) groups is 1. The van der Waals surface area contributed by atoms with Crippen LogP contribution in [0.1, 0.15) is 69.4 Å². The number of carbonyl (C=O) groups excluding carboxylic acids is 1. The third-order valence-electron chi connectivity index (χ3n) is 6.78. The molecule has 2 aromatic heterocycles. The standard InChI is InChI=1S/C12H20.C9H8N2O/c1-2-12-7-10-4-3-9(5-10)6-11(12)8-12;1-7(12)9-10-6-8-4-2-3-5-11(8)9/h9-11H,2-8H2,1H3;2-6H,1H3. The highest BCUT2D eigenvalue weighted by Gasteiger charge is 2.56. The number of nitrogens with zero attached hydrogens (tertiary/aromatic N) is 2. The Kier molecular flexibility index (Phi) is 3.98. The Morgan fingerprint density at radius 1 is 1.25 bits per heavy atom. The Bertz CT molecular complexity index is 749. The summed E-state index contributed by atoms with van der Waals surface area (Å²) < 4.78 is 1.78. The van der Waals surface area contributed by atoms with Crippen LogP contribution in [0, 0.1) is 23.2 Å². The molecule has 2 bridgehead atoms. The van der Waals surface area contributed by atoms with Crippen LogP contribution in [0.25, 0.3) is 5.52 Å². The van der Waals surface area contributed by atoms with Crippen molar-refractivity contribution >= 4 is 11.3 Å². The molecule has 4 unspecified atom stereocenters. The average Bonchev–Trinajstić information content (AvgIpc) is 2.91. The van der Waals surface area contributed by atoms with Crippen LogP contribution in [0.4, 0.5) is 0 Å². The van der Waals surface area contributed by atoms with E-state index in [0.717, 1.165) is 28.7 Å². The van der Waals surface area contributed by atoms with Crippen molar-refractivity contribution in [1.29, 1.82) is 0 Å². The van der Waals surface area contributed by atoms with Crippen molar-refractivity contribution in [1.82, 2.24) is 9.38 Å². The number of pyridine rings is 1. The van der Waals surface area contributed by atoms with Crippen LogP contribution in [0.3, 0.4) is 0 Å². The highest BCUT2D eigenvalue weighted by molar-refractivity contribution is 5.91. The molecule has 3 aliphatic carbocycles. The van der Waals surface area contributed by atoms with Crippen molar-refractivity contribution in [3.05, 3.63) is 36.4 Å². The van der Waals surface area contributed by atoms with Gasteiger partial charge in [0, 0.05) is 13.1 Å². The van der Waals surface area contributed by atoms with E-state index in [1.807, 2.05) is 24.4 Å². The van der Waals surface area contributed by atoms with Gasteiger partial charge in [-0.05, 0) is 61.0 Å². The summed E-state index contributed by atoms with van der Waals surface area (Å²) in [5.74, 6) is 3.93. The molecule has 0 spiro atoms. The van der Waals surface area contributed by atoms with Gasteiger partial charge in [-0.2, -0.15) is 0 Å². The van der Waals surface area contributed by atoms with E-state index in [4.69, 9.17) is 0 Å². The number of fused-ring (bicyclic) bond motifs is 4. The van der Waals surface area contributed by atoms with Crippen molar-refractivity contribution in [2.24, 2.45) is 23.2 Å². The van der Waals surface area contributed by atoms with Gasteiger partial charge in [-0.15, -0.1) is 0 Å². The number of hydrogen-bond acceptors (Lipinski definition) is 2. The highest BCUT2D eigenvalue weighted by Crippen LogP contribution is 2.66. The topological polar surface area (TPSA) is 34.4 Å². The van der Waals surface area contributed by atoms with Crippen LogP contribution >= 0.6 is 0 Å². The van der Waals surface area contributed by atoms with Crippen molar-refractivity contribution in [3.63, 3.8) is 0 Å². The first-order valence-electron chi connectivity index (χ1n) is 9.54. The van der Waals surface area contributed by atoms with Crippen LogP contribution in [0.2, 0.25) is 0 Å². The van der Waals surface area contributed by atoms with Gasteiger partial charge in [-0.25, -0.2) is 4.98 Å². The van der Waals surface area contributed by atoms with E-state index in [9.17, 15) is 4.79 Å². The highest BCUT2D eigenvalue weighted by atomic mass is 16.1. The van der Waals surface area contributed by atoms with E-state index in [1.165, 1.54) is 13.3 Å². The average molecular weight is 324 g/mol. The van der Waals surface area contributed by atoms with Crippen molar-refractivity contribution in [3.8, 4) is 0 Å². The number of rotatable bonds is 2.